The Morgan fingerprint density at radius 2 is 1.58 bits per heavy atom. The lowest BCUT2D eigenvalue weighted by Gasteiger charge is -2.39. The van der Waals surface area contributed by atoms with E-state index in [4.69, 9.17) is 0 Å². The van der Waals surface area contributed by atoms with Crippen LogP contribution >= 0.6 is 0 Å². The molecule has 0 aromatic heterocycles. The van der Waals surface area contributed by atoms with E-state index in [1.165, 1.54) is 29.2 Å². The van der Waals surface area contributed by atoms with Gasteiger partial charge in [0, 0.05) is 25.2 Å². The molecule has 0 spiro atoms. The number of hydrogen-bond donors (Lipinski definition) is 0. The molecule has 3 rings (SSSR count). The standard InChI is InChI=1S/C18H17F3N2O/c1-12-18(24)23(17-8-3-2-5-16(17)21)10-9-22(12)11-13-14(19)6-4-7-15(13)20/h2-8,12H,9-11H2,1H3/t12-/m1/s1. The minimum Gasteiger partial charge on any atom is -0.307 e. The molecule has 1 amide bonds. The van der Waals surface area contributed by atoms with Crippen molar-refractivity contribution in [3.63, 3.8) is 0 Å². The van der Waals surface area contributed by atoms with Crippen molar-refractivity contribution in [1.82, 2.24) is 4.90 Å². The fourth-order valence-corrected chi connectivity index (χ4v) is 2.93. The summed E-state index contributed by atoms with van der Waals surface area (Å²) in [6, 6.07) is 9.17. The maximum Gasteiger partial charge on any atom is 0.244 e. The van der Waals surface area contributed by atoms with Gasteiger partial charge in [0.2, 0.25) is 5.91 Å². The summed E-state index contributed by atoms with van der Waals surface area (Å²) in [5.74, 6) is -2.02. The summed E-state index contributed by atoms with van der Waals surface area (Å²) >= 11 is 0. The third-order valence-electron chi connectivity index (χ3n) is 4.35. The van der Waals surface area contributed by atoms with Gasteiger partial charge < -0.3 is 4.90 Å². The predicted molar refractivity (Wildman–Crippen MR) is 85.0 cm³/mol. The molecule has 1 heterocycles. The Kier molecular flexibility index (Phi) is 4.57. The predicted octanol–water partition coefficient (Wildman–Crippen LogP) is 3.34. The van der Waals surface area contributed by atoms with Crippen molar-refractivity contribution in [2.24, 2.45) is 0 Å². The first-order valence-corrected chi connectivity index (χ1v) is 7.72. The van der Waals surface area contributed by atoms with Gasteiger partial charge in [-0.1, -0.05) is 18.2 Å². The Hall–Kier alpha value is -2.34. The minimum atomic E-state index is -0.633. The van der Waals surface area contributed by atoms with E-state index in [-0.39, 0.29) is 30.2 Å². The molecule has 3 nitrogen and oxygen atoms in total. The Labute approximate surface area is 138 Å². The number of rotatable bonds is 3. The molecule has 2 aromatic carbocycles. The van der Waals surface area contributed by atoms with Crippen molar-refractivity contribution in [2.45, 2.75) is 19.5 Å². The molecule has 0 bridgehead atoms. The highest BCUT2D eigenvalue weighted by molar-refractivity contribution is 5.97. The molecule has 1 atom stereocenters. The van der Waals surface area contributed by atoms with Crippen LogP contribution in [-0.4, -0.2) is 29.9 Å². The molecular weight excluding hydrogens is 317 g/mol. The zero-order valence-corrected chi connectivity index (χ0v) is 13.2. The number of nitrogens with zero attached hydrogens (tertiary/aromatic N) is 2. The molecule has 0 saturated carbocycles. The van der Waals surface area contributed by atoms with Gasteiger partial charge in [0.15, 0.2) is 0 Å². The SMILES string of the molecule is C[C@@H]1C(=O)N(c2ccccc2F)CCN1Cc1c(F)cccc1F. The number of para-hydroxylation sites is 1. The number of amides is 1. The number of carbonyl (C=O) groups excluding carboxylic acids is 1. The zero-order valence-electron chi connectivity index (χ0n) is 13.2. The molecule has 1 aliphatic rings. The molecule has 1 aliphatic heterocycles. The molecule has 0 N–H and O–H groups in total. The second-order valence-corrected chi connectivity index (χ2v) is 5.79. The second-order valence-electron chi connectivity index (χ2n) is 5.79. The van der Waals surface area contributed by atoms with E-state index < -0.39 is 23.5 Å². The highest BCUT2D eigenvalue weighted by atomic mass is 19.1. The van der Waals surface area contributed by atoms with Gasteiger partial charge >= 0.3 is 0 Å². The average molecular weight is 334 g/mol. The van der Waals surface area contributed by atoms with Crippen molar-refractivity contribution in [3.05, 3.63) is 65.5 Å². The molecule has 1 fully saturated rings. The van der Waals surface area contributed by atoms with Gasteiger partial charge in [-0.3, -0.25) is 9.69 Å². The Morgan fingerprint density at radius 1 is 0.958 bits per heavy atom. The summed E-state index contributed by atoms with van der Waals surface area (Å²) < 4.78 is 41.5. The highest BCUT2D eigenvalue weighted by Gasteiger charge is 2.33. The number of anilines is 1. The molecule has 0 radical (unpaired) electrons. The van der Waals surface area contributed by atoms with E-state index >= 15 is 0 Å². The third-order valence-corrected chi connectivity index (χ3v) is 4.35. The number of halogens is 3. The van der Waals surface area contributed by atoms with Crippen molar-refractivity contribution in [3.8, 4) is 0 Å². The number of carbonyl (C=O) groups is 1. The van der Waals surface area contributed by atoms with Crippen molar-refractivity contribution < 1.29 is 18.0 Å². The summed E-state index contributed by atoms with van der Waals surface area (Å²) in [7, 11) is 0. The van der Waals surface area contributed by atoms with Gasteiger partial charge in [0.1, 0.15) is 17.5 Å². The van der Waals surface area contributed by atoms with Crippen LogP contribution in [0.4, 0.5) is 18.9 Å². The van der Waals surface area contributed by atoms with Crippen LogP contribution in [-0.2, 0) is 11.3 Å². The van der Waals surface area contributed by atoms with Crippen LogP contribution in [0.3, 0.4) is 0 Å². The van der Waals surface area contributed by atoms with Crippen LogP contribution in [0.2, 0.25) is 0 Å². The summed E-state index contributed by atoms with van der Waals surface area (Å²) in [5, 5.41) is 0. The number of piperazine rings is 1. The fourth-order valence-electron chi connectivity index (χ4n) is 2.93. The first-order chi connectivity index (χ1) is 11.5. The molecule has 126 valence electrons. The largest absolute Gasteiger partial charge is 0.307 e. The van der Waals surface area contributed by atoms with E-state index in [2.05, 4.69) is 0 Å². The molecule has 24 heavy (non-hydrogen) atoms. The van der Waals surface area contributed by atoms with E-state index in [0.29, 0.717) is 6.54 Å². The molecular formula is C18H17F3N2O. The van der Waals surface area contributed by atoms with Crippen molar-refractivity contribution in [2.75, 3.05) is 18.0 Å². The first kappa shape index (κ1) is 16.5. The summed E-state index contributed by atoms with van der Waals surface area (Å²) in [6.45, 7) is 2.32. The average Bonchev–Trinajstić information content (AvgIpc) is 2.56. The van der Waals surface area contributed by atoms with Crippen molar-refractivity contribution >= 4 is 11.6 Å². The topological polar surface area (TPSA) is 23.6 Å². The number of benzene rings is 2. The normalized spacial score (nSPS) is 18.9. The Morgan fingerprint density at radius 3 is 2.25 bits per heavy atom. The molecule has 0 unspecified atom stereocenters. The molecule has 1 saturated heterocycles. The van der Waals surface area contributed by atoms with Crippen molar-refractivity contribution in [1.29, 1.82) is 0 Å². The number of hydrogen-bond acceptors (Lipinski definition) is 2. The van der Waals surface area contributed by atoms with Gasteiger partial charge in [-0.05, 0) is 31.2 Å². The maximum absolute atomic E-state index is 13.9. The highest BCUT2D eigenvalue weighted by Crippen LogP contribution is 2.25. The van der Waals surface area contributed by atoms with Crippen LogP contribution in [0.25, 0.3) is 0 Å². The zero-order chi connectivity index (χ0) is 17.3. The third kappa shape index (κ3) is 3.01. The Balaban J connectivity index is 1.79. The lowest BCUT2D eigenvalue weighted by atomic mass is 10.1. The maximum atomic E-state index is 13.9. The van der Waals surface area contributed by atoms with Gasteiger partial charge in [0.05, 0.1) is 11.7 Å². The molecule has 0 aliphatic carbocycles. The summed E-state index contributed by atoms with van der Waals surface area (Å²) in [5.41, 5.74) is 0.169. The Bertz CT molecular complexity index is 745. The van der Waals surface area contributed by atoms with E-state index in [1.807, 2.05) is 0 Å². The van der Waals surface area contributed by atoms with Crippen LogP contribution in [0.5, 0.6) is 0 Å². The second kappa shape index (κ2) is 6.65. The van der Waals surface area contributed by atoms with Crippen LogP contribution < -0.4 is 4.90 Å². The molecule has 2 aromatic rings. The quantitative estimate of drug-likeness (QED) is 0.859. The van der Waals surface area contributed by atoms with Gasteiger partial charge in [-0.25, -0.2) is 13.2 Å². The van der Waals surface area contributed by atoms with Gasteiger partial charge in [0.25, 0.3) is 0 Å². The fraction of sp³-hybridized carbons (Fsp3) is 0.278. The summed E-state index contributed by atoms with van der Waals surface area (Å²) in [6.07, 6.45) is 0. The van der Waals surface area contributed by atoms with E-state index in [0.717, 1.165) is 0 Å². The van der Waals surface area contributed by atoms with E-state index in [9.17, 15) is 18.0 Å². The first-order valence-electron chi connectivity index (χ1n) is 7.72. The lowest BCUT2D eigenvalue weighted by molar-refractivity contribution is -0.125. The minimum absolute atomic E-state index is 0.00345. The van der Waals surface area contributed by atoms with E-state index in [1.54, 1.807) is 30.0 Å². The van der Waals surface area contributed by atoms with Crippen LogP contribution in [0.15, 0.2) is 42.5 Å². The van der Waals surface area contributed by atoms with Gasteiger partial charge in [-0.2, -0.15) is 0 Å². The van der Waals surface area contributed by atoms with Gasteiger partial charge in [-0.15, -0.1) is 0 Å². The summed E-state index contributed by atoms with van der Waals surface area (Å²) in [4.78, 5) is 15.7. The monoisotopic (exact) mass is 334 g/mol. The lowest BCUT2D eigenvalue weighted by Crippen LogP contribution is -2.55. The van der Waals surface area contributed by atoms with Crippen LogP contribution in [0, 0.1) is 17.5 Å². The molecule has 6 heteroatoms. The smallest absolute Gasteiger partial charge is 0.244 e. The van der Waals surface area contributed by atoms with Crippen LogP contribution in [0.1, 0.15) is 12.5 Å².